The van der Waals surface area contributed by atoms with E-state index in [0.29, 0.717) is 22.9 Å². The quantitative estimate of drug-likeness (QED) is 0.864. The van der Waals surface area contributed by atoms with Gasteiger partial charge in [-0.2, -0.15) is 0 Å². The molecule has 2 N–H and O–H groups in total. The molecule has 0 spiro atoms. The van der Waals surface area contributed by atoms with Crippen LogP contribution >= 0.6 is 0 Å². The summed E-state index contributed by atoms with van der Waals surface area (Å²) in [6.07, 6.45) is 4.29. The SMILES string of the molecule is CCCNc1cncc(Nc2ccc(C)c(F)c2)n1. The fraction of sp³-hybridized carbons (Fsp3) is 0.286. The van der Waals surface area contributed by atoms with E-state index < -0.39 is 0 Å². The van der Waals surface area contributed by atoms with Crippen molar-refractivity contribution in [3.8, 4) is 0 Å². The van der Waals surface area contributed by atoms with Crippen molar-refractivity contribution in [2.75, 3.05) is 17.2 Å². The van der Waals surface area contributed by atoms with Crippen LogP contribution in [-0.2, 0) is 0 Å². The highest BCUT2D eigenvalue weighted by Crippen LogP contribution is 2.18. The summed E-state index contributed by atoms with van der Waals surface area (Å²) in [7, 11) is 0. The summed E-state index contributed by atoms with van der Waals surface area (Å²) in [5.41, 5.74) is 1.28. The average molecular weight is 260 g/mol. The molecule has 0 radical (unpaired) electrons. The van der Waals surface area contributed by atoms with Crippen LogP contribution in [0.3, 0.4) is 0 Å². The Morgan fingerprint density at radius 2 is 2.00 bits per heavy atom. The molecule has 100 valence electrons. The van der Waals surface area contributed by atoms with Gasteiger partial charge < -0.3 is 10.6 Å². The van der Waals surface area contributed by atoms with E-state index in [-0.39, 0.29) is 5.82 Å². The molecule has 1 aromatic heterocycles. The van der Waals surface area contributed by atoms with E-state index in [9.17, 15) is 4.39 Å². The third kappa shape index (κ3) is 3.64. The first kappa shape index (κ1) is 13.3. The average Bonchev–Trinajstić information content (AvgIpc) is 2.41. The van der Waals surface area contributed by atoms with Gasteiger partial charge in [0.2, 0.25) is 0 Å². The molecular formula is C14H17FN4. The van der Waals surface area contributed by atoms with Crippen molar-refractivity contribution >= 4 is 17.3 Å². The van der Waals surface area contributed by atoms with Crippen molar-refractivity contribution in [1.29, 1.82) is 0 Å². The zero-order valence-electron chi connectivity index (χ0n) is 11.1. The Hall–Kier alpha value is -2.17. The number of hydrogen-bond acceptors (Lipinski definition) is 4. The minimum atomic E-state index is -0.238. The van der Waals surface area contributed by atoms with Crippen LogP contribution in [0.2, 0.25) is 0 Å². The van der Waals surface area contributed by atoms with Gasteiger partial charge in [0.05, 0.1) is 12.4 Å². The number of nitrogens with one attached hydrogen (secondary N) is 2. The fourth-order valence-corrected chi connectivity index (χ4v) is 1.58. The third-order valence-electron chi connectivity index (χ3n) is 2.63. The van der Waals surface area contributed by atoms with E-state index >= 15 is 0 Å². The number of aromatic nitrogens is 2. The van der Waals surface area contributed by atoms with Gasteiger partial charge in [0.1, 0.15) is 11.6 Å². The second-order valence-corrected chi connectivity index (χ2v) is 4.31. The molecule has 2 aromatic rings. The lowest BCUT2D eigenvalue weighted by Crippen LogP contribution is -2.04. The van der Waals surface area contributed by atoms with Crippen LogP contribution in [0.4, 0.5) is 21.7 Å². The van der Waals surface area contributed by atoms with Gasteiger partial charge >= 0.3 is 0 Å². The first-order chi connectivity index (χ1) is 9.19. The zero-order valence-corrected chi connectivity index (χ0v) is 11.1. The summed E-state index contributed by atoms with van der Waals surface area (Å²) in [6, 6.07) is 4.99. The number of hydrogen-bond donors (Lipinski definition) is 2. The Bertz CT molecular complexity index is 557. The number of anilines is 3. The maximum atomic E-state index is 13.4. The predicted molar refractivity (Wildman–Crippen MR) is 75.2 cm³/mol. The Morgan fingerprint density at radius 1 is 1.21 bits per heavy atom. The molecule has 1 heterocycles. The number of benzene rings is 1. The topological polar surface area (TPSA) is 49.8 Å². The van der Waals surface area contributed by atoms with Gasteiger partial charge in [-0.1, -0.05) is 13.0 Å². The minimum Gasteiger partial charge on any atom is -0.369 e. The zero-order chi connectivity index (χ0) is 13.7. The molecule has 1 aromatic carbocycles. The Morgan fingerprint density at radius 3 is 2.74 bits per heavy atom. The van der Waals surface area contributed by atoms with Gasteiger partial charge in [0, 0.05) is 12.2 Å². The Kier molecular flexibility index (Phi) is 4.28. The standard InChI is InChI=1S/C14H17FN4/c1-3-6-17-13-8-16-9-14(19-13)18-11-5-4-10(2)12(15)7-11/h4-5,7-9H,3,6H2,1-2H3,(H2,17,18,19). The van der Waals surface area contributed by atoms with Crippen LogP contribution in [0.1, 0.15) is 18.9 Å². The van der Waals surface area contributed by atoms with Crippen molar-refractivity contribution < 1.29 is 4.39 Å². The monoisotopic (exact) mass is 260 g/mol. The first-order valence-electron chi connectivity index (χ1n) is 6.28. The number of rotatable bonds is 5. The molecule has 0 atom stereocenters. The molecule has 0 aliphatic rings. The number of nitrogens with zero attached hydrogens (tertiary/aromatic N) is 2. The smallest absolute Gasteiger partial charge is 0.151 e. The summed E-state index contributed by atoms with van der Waals surface area (Å²) in [4.78, 5) is 8.44. The molecule has 0 saturated heterocycles. The van der Waals surface area contributed by atoms with E-state index in [1.165, 1.54) is 6.07 Å². The highest BCUT2D eigenvalue weighted by atomic mass is 19.1. The summed E-state index contributed by atoms with van der Waals surface area (Å²) in [6.45, 7) is 4.66. The molecule has 0 aliphatic carbocycles. The maximum absolute atomic E-state index is 13.4. The van der Waals surface area contributed by atoms with Crippen LogP contribution in [-0.4, -0.2) is 16.5 Å². The highest BCUT2D eigenvalue weighted by Gasteiger charge is 2.02. The van der Waals surface area contributed by atoms with E-state index in [1.54, 1.807) is 25.4 Å². The highest BCUT2D eigenvalue weighted by molar-refractivity contribution is 5.57. The molecular weight excluding hydrogens is 243 g/mol. The minimum absolute atomic E-state index is 0.238. The largest absolute Gasteiger partial charge is 0.369 e. The lowest BCUT2D eigenvalue weighted by atomic mass is 10.2. The van der Waals surface area contributed by atoms with E-state index in [0.717, 1.165) is 13.0 Å². The molecule has 0 unspecified atom stereocenters. The second kappa shape index (κ2) is 6.13. The van der Waals surface area contributed by atoms with Crippen molar-refractivity contribution in [2.24, 2.45) is 0 Å². The molecule has 2 rings (SSSR count). The summed E-state index contributed by atoms with van der Waals surface area (Å²) in [5, 5.41) is 6.19. The normalized spacial score (nSPS) is 10.3. The number of halogens is 1. The Labute approximate surface area is 112 Å². The van der Waals surface area contributed by atoms with E-state index in [2.05, 4.69) is 27.5 Å². The Balaban J connectivity index is 2.11. The summed E-state index contributed by atoms with van der Waals surface area (Å²) >= 11 is 0. The predicted octanol–water partition coefficient (Wildman–Crippen LogP) is 3.49. The van der Waals surface area contributed by atoms with Crippen LogP contribution in [0.15, 0.2) is 30.6 Å². The lowest BCUT2D eigenvalue weighted by molar-refractivity contribution is 0.619. The molecule has 5 heteroatoms. The van der Waals surface area contributed by atoms with Crippen LogP contribution < -0.4 is 10.6 Å². The van der Waals surface area contributed by atoms with Crippen molar-refractivity contribution in [3.63, 3.8) is 0 Å². The van der Waals surface area contributed by atoms with Crippen LogP contribution in [0.25, 0.3) is 0 Å². The first-order valence-corrected chi connectivity index (χ1v) is 6.28. The van der Waals surface area contributed by atoms with Crippen LogP contribution in [0, 0.1) is 12.7 Å². The molecule has 0 fully saturated rings. The molecule has 0 saturated carbocycles. The molecule has 19 heavy (non-hydrogen) atoms. The second-order valence-electron chi connectivity index (χ2n) is 4.31. The van der Waals surface area contributed by atoms with Crippen molar-refractivity contribution in [1.82, 2.24) is 9.97 Å². The van der Waals surface area contributed by atoms with Gasteiger partial charge in [0.15, 0.2) is 5.82 Å². The number of aryl methyl sites for hydroxylation is 1. The van der Waals surface area contributed by atoms with Crippen LogP contribution in [0.5, 0.6) is 0 Å². The lowest BCUT2D eigenvalue weighted by Gasteiger charge is -2.08. The summed E-state index contributed by atoms with van der Waals surface area (Å²) < 4.78 is 13.4. The van der Waals surface area contributed by atoms with Gasteiger partial charge in [-0.3, -0.25) is 4.98 Å². The fourth-order valence-electron chi connectivity index (χ4n) is 1.58. The third-order valence-corrected chi connectivity index (χ3v) is 2.63. The molecule has 0 bridgehead atoms. The molecule has 0 aliphatic heterocycles. The molecule has 4 nitrogen and oxygen atoms in total. The van der Waals surface area contributed by atoms with Gasteiger partial charge in [0.25, 0.3) is 0 Å². The summed E-state index contributed by atoms with van der Waals surface area (Å²) in [5.74, 6) is 1.06. The van der Waals surface area contributed by atoms with Crippen molar-refractivity contribution in [3.05, 3.63) is 42.0 Å². The van der Waals surface area contributed by atoms with E-state index in [4.69, 9.17) is 0 Å². The van der Waals surface area contributed by atoms with E-state index in [1.807, 2.05) is 6.07 Å². The maximum Gasteiger partial charge on any atom is 0.151 e. The van der Waals surface area contributed by atoms with Gasteiger partial charge in [-0.15, -0.1) is 0 Å². The van der Waals surface area contributed by atoms with Crippen molar-refractivity contribution in [2.45, 2.75) is 20.3 Å². The van der Waals surface area contributed by atoms with Gasteiger partial charge in [-0.25, -0.2) is 9.37 Å². The molecule has 0 amide bonds. The van der Waals surface area contributed by atoms with Gasteiger partial charge in [-0.05, 0) is 31.0 Å².